The number of hydrogen-bond donors (Lipinski definition) is 0. The summed E-state index contributed by atoms with van der Waals surface area (Å²) in [6.07, 6.45) is 4.44. The number of aromatic nitrogens is 1. The fraction of sp³-hybridized carbons (Fsp3) is 0.154. The summed E-state index contributed by atoms with van der Waals surface area (Å²) in [6.45, 7) is 2.07. The molecule has 0 saturated heterocycles. The van der Waals surface area contributed by atoms with Crippen LogP contribution in [0.5, 0.6) is 0 Å². The lowest BCUT2D eigenvalue weighted by Gasteiger charge is -2.09. The highest BCUT2D eigenvalue weighted by molar-refractivity contribution is 5.99. The smallest absolute Gasteiger partial charge is 0.235 e. The zero-order valence-electron chi connectivity index (χ0n) is 8.93. The third kappa shape index (κ3) is 1.38. The minimum Gasteiger partial charge on any atom is -0.280 e. The first kappa shape index (κ1) is 11.0. The van der Waals surface area contributed by atoms with Crippen LogP contribution in [0.3, 0.4) is 0 Å². The molecule has 1 aromatic heterocycles. The first-order valence-electron chi connectivity index (χ1n) is 5.08. The molecule has 0 bridgehead atoms. The Labute approximate surface area is 100.0 Å². The molecule has 1 aliphatic rings. The van der Waals surface area contributed by atoms with E-state index in [-0.39, 0.29) is 18.3 Å². The molecular formula is C13H12ClNO. The number of aryl methyl sites for hydroxylation is 1. The highest BCUT2D eigenvalue weighted by atomic mass is 35.5. The average molecular weight is 234 g/mol. The van der Waals surface area contributed by atoms with Gasteiger partial charge in [-0.05, 0) is 30.7 Å². The third-order valence-corrected chi connectivity index (χ3v) is 2.92. The zero-order valence-corrected chi connectivity index (χ0v) is 9.75. The quantitative estimate of drug-likeness (QED) is 0.683. The first-order chi connectivity index (χ1) is 7.27. The van der Waals surface area contributed by atoms with Gasteiger partial charge in [-0.1, -0.05) is 18.2 Å². The summed E-state index contributed by atoms with van der Waals surface area (Å²) < 4.78 is 1.81. The predicted octanol–water partition coefficient (Wildman–Crippen LogP) is 3.43. The highest BCUT2D eigenvalue weighted by Gasteiger charge is 2.16. The molecule has 2 aromatic rings. The monoisotopic (exact) mass is 233 g/mol. The van der Waals surface area contributed by atoms with Gasteiger partial charge in [0.2, 0.25) is 5.91 Å². The Morgan fingerprint density at radius 1 is 1.31 bits per heavy atom. The van der Waals surface area contributed by atoms with Gasteiger partial charge >= 0.3 is 0 Å². The van der Waals surface area contributed by atoms with Gasteiger partial charge in [-0.15, -0.1) is 12.4 Å². The molecule has 82 valence electrons. The Balaban J connectivity index is 0.000000963. The Kier molecular flexibility index (Phi) is 2.60. The van der Waals surface area contributed by atoms with Gasteiger partial charge in [-0.25, -0.2) is 0 Å². The van der Waals surface area contributed by atoms with E-state index in [9.17, 15) is 4.79 Å². The van der Waals surface area contributed by atoms with Gasteiger partial charge in [0.25, 0.3) is 0 Å². The van der Waals surface area contributed by atoms with E-state index in [0.717, 1.165) is 11.2 Å². The van der Waals surface area contributed by atoms with Crippen LogP contribution in [-0.2, 0) is 0 Å². The molecule has 0 N–H and O–H groups in total. The minimum atomic E-state index is 0. The van der Waals surface area contributed by atoms with Crippen LogP contribution in [0, 0.1) is 6.92 Å². The molecule has 0 aliphatic carbocycles. The molecule has 3 heteroatoms. The normalized spacial score (nSPS) is 13.7. The second-order valence-electron chi connectivity index (χ2n) is 3.91. The van der Waals surface area contributed by atoms with E-state index in [4.69, 9.17) is 0 Å². The molecular weight excluding hydrogens is 222 g/mol. The zero-order chi connectivity index (χ0) is 10.4. The fourth-order valence-electron chi connectivity index (χ4n) is 2.17. The van der Waals surface area contributed by atoms with Crippen molar-refractivity contribution in [1.29, 1.82) is 0 Å². The number of nitrogens with zero attached hydrogens (tertiary/aromatic N) is 1. The van der Waals surface area contributed by atoms with Gasteiger partial charge in [-0.2, -0.15) is 0 Å². The molecule has 0 saturated carbocycles. The summed E-state index contributed by atoms with van der Waals surface area (Å²) >= 11 is 0. The van der Waals surface area contributed by atoms with Gasteiger partial charge in [-0.3, -0.25) is 9.36 Å². The van der Waals surface area contributed by atoms with Crippen LogP contribution in [0.25, 0.3) is 17.0 Å². The molecule has 1 aromatic carbocycles. The number of carbonyl (C=O) groups is 1. The van der Waals surface area contributed by atoms with Gasteiger partial charge in [0.15, 0.2) is 0 Å². The van der Waals surface area contributed by atoms with E-state index in [0.29, 0.717) is 6.42 Å². The van der Waals surface area contributed by atoms with Gasteiger partial charge < -0.3 is 0 Å². The summed E-state index contributed by atoms with van der Waals surface area (Å²) in [5, 5.41) is 1.17. The molecule has 0 amide bonds. The number of fused-ring (bicyclic) bond motifs is 3. The molecule has 0 atom stereocenters. The van der Waals surface area contributed by atoms with Gasteiger partial charge in [0.1, 0.15) is 0 Å². The molecule has 0 spiro atoms. The number of benzene rings is 1. The van der Waals surface area contributed by atoms with Crippen LogP contribution in [0.2, 0.25) is 0 Å². The number of halogens is 1. The second kappa shape index (κ2) is 3.80. The molecule has 0 unspecified atom stereocenters. The maximum Gasteiger partial charge on any atom is 0.235 e. The number of rotatable bonds is 0. The predicted molar refractivity (Wildman–Crippen MR) is 68.2 cm³/mol. The van der Waals surface area contributed by atoms with Crippen LogP contribution in [0.4, 0.5) is 0 Å². The third-order valence-electron chi connectivity index (χ3n) is 2.92. The van der Waals surface area contributed by atoms with Crippen molar-refractivity contribution in [3.63, 3.8) is 0 Å². The van der Waals surface area contributed by atoms with Crippen LogP contribution in [0.1, 0.15) is 22.5 Å². The summed E-state index contributed by atoms with van der Waals surface area (Å²) in [7, 11) is 0. The van der Waals surface area contributed by atoms with E-state index in [1.807, 2.05) is 28.9 Å². The molecule has 0 fully saturated rings. The molecule has 16 heavy (non-hydrogen) atoms. The highest BCUT2D eigenvalue weighted by Crippen LogP contribution is 2.26. The van der Waals surface area contributed by atoms with E-state index in [1.54, 1.807) is 0 Å². The average Bonchev–Trinajstić information content (AvgIpc) is 2.59. The topological polar surface area (TPSA) is 22.0 Å². The van der Waals surface area contributed by atoms with Crippen molar-refractivity contribution in [1.82, 2.24) is 4.57 Å². The van der Waals surface area contributed by atoms with Crippen molar-refractivity contribution in [3.05, 3.63) is 41.6 Å². The van der Waals surface area contributed by atoms with Crippen molar-refractivity contribution >= 4 is 35.3 Å². The SMILES string of the molecule is Cc1cccc2c1cc1n2C(=O)CC=C1.Cl. The lowest BCUT2D eigenvalue weighted by atomic mass is 10.1. The Hall–Kier alpha value is -1.54. The Morgan fingerprint density at radius 3 is 2.94 bits per heavy atom. The number of carbonyl (C=O) groups excluding carboxylic acids is 1. The van der Waals surface area contributed by atoms with Crippen molar-refractivity contribution < 1.29 is 4.79 Å². The van der Waals surface area contributed by atoms with Crippen molar-refractivity contribution in [2.24, 2.45) is 0 Å². The molecule has 2 heterocycles. The molecule has 0 radical (unpaired) electrons. The second-order valence-corrected chi connectivity index (χ2v) is 3.91. The maximum atomic E-state index is 11.8. The summed E-state index contributed by atoms with van der Waals surface area (Å²) in [6, 6.07) is 8.15. The van der Waals surface area contributed by atoms with Crippen molar-refractivity contribution in [2.45, 2.75) is 13.3 Å². The van der Waals surface area contributed by atoms with Crippen molar-refractivity contribution in [3.8, 4) is 0 Å². The van der Waals surface area contributed by atoms with Crippen molar-refractivity contribution in [2.75, 3.05) is 0 Å². The Bertz CT molecular complexity index is 595. The standard InChI is InChI=1S/C13H11NO.ClH/c1-9-4-2-6-12-11(9)8-10-5-3-7-13(15)14(10)12;/h2-6,8H,7H2,1H3;1H. The van der Waals surface area contributed by atoms with E-state index < -0.39 is 0 Å². The fourth-order valence-corrected chi connectivity index (χ4v) is 2.17. The molecule has 3 rings (SSSR count). The maximum absolute atomic E-state index is 11.8. The lowest BCUT2D eigenvalue weighted by molar-refractivity contribution is 0.0920. The van der Waals surface area contributed by atoms with E-state index in [1.165, 1.54) is 10.9 Å². The van der Waals surface area contributed by atoms with Gasteiger partial charge in [0, 0.05) is 17.5 Å². The number of hydrogen-bond acceptors (Lipinski definition) is 1. The minimum absolute atomic E-state index is 0. The molecule has 1 aliphatic heterocycles. The van der Waals surface area contributed by atoms with Crippen LogP contribution in [0.15, 0.2) is 30.3 Å². The summed E-state index contributed by atoms with van der Waals surface area (Å²) in [4.78, 5) is 11.8. The summed E-state index contributed by atoms with van der Waals surface area (Å²) in [5.41, 5.74) is 3.24. The first-order valence-corrected chi connectivity index (χ1v) is 5.08. The summed E-state index contributed by atoms with van der Waals surface area (Å²) in [5.74, 6) is 0.160. The molecule has 2 nitrogen and oxygen atoms in total. The number of allylic oxidation sites excluding steroid dienone is 1. The van der Waals surface area contributed by atoms with Crippen LogP contribution < -0.4 is 0 Å². The van der Waals surface area contributed by atoms with Gasteiger partial charge in [0.05, 0.1) is 5.52 Å². The van der Waals surface area contributed by atoms with Crippen LogP contribution in [-0.4, -0.2) is 10.5 Å². The van der Waals surface area contributed by atoms with Crippen LogP contribution >= 0.6 is 12.4 Å². The lowest BCUT2D eigenvalue weighted by Crippen LogP contribution is -2.13. The largest absolute Gasteiger partial charge is 0.280 e. The van der Waals surface area contributed by atoms with E-state index >= 15 is 0 Å². The van der Waals surface area contributed by atoms with E-state index in [2.05, 4.69) is 19.1 Å². The Morgan fingerprint density at radius 2 is 2.12 bits per heavy atom.